The molecule has 64 valence electrons. The molecule has 0 N–H and O–H groups in total. The monoisotopic (exact) mass is 155 g/mol. The summed E-state index contributed by atoms with van der Waals surface area (Å²) in [5, 5.41) is 0. The van der Waals surface area contributed by atoms with Gasteiger partial charge in [0.25, 0.3) is 0 Å². The van der Waals surface area contributed by atoms with E-state index in [-0.39, 0.29) is 11.8 Å². The molecule has 11 heavy (non-hydrogen) atoms. The van der Waals surface area contributed by atoms with E-state index < -0.39 is 0 Å². The first kappa shape index (κ1) is 10.2. The third kappa shape index (κ3) is 3.81. The Labute approximate surface area is 68.9 Å². The lowest BCUT2D eigenvalue weighted by atomic mass is 10.1. The lowest BCUT2D eigenvalue weighted by Gasteiger charge is -2.14. The standard InChI is InChI=1S/C9H17NO/c1-5-6-7-8(2)9(11)10(3)4/h5-6,8H,7H2,1-4H3/b6-5+. The molecule has 0 heterocycles. The van der Waals surface area contributed by atoms with Gasteiger partial charge in [-0.25, -0.2) is 0 Å². The van der Waals surface area contributed by atoms with Crippen molar-refractivity contribution in [3.63, 3.8) is 0 Å². The molecule has 0 saturated carbocycles. The molecule has 0 aromatic rings. The first-order valence-corrected chi connectivity index (χ1v) is 3.92. The normalized spacial score (nSPS) is 13.5. The van der Waals surface area contributed by atoms with Crippen molar-refractivity contribution in [2.45, 2.75) is 20.3 Å². The van der Waals surface area contributed by atoms with E-state index in [0.29, 0.717) is 0 Å². The second-order valence-corrected chi connectivity index (χ2v) is 2.94. The number of rotatable bonds is 3. The van der Waals surface area contributed by atoms with E-state index in [0.717, 1.165) is 6.42 Å². The van der Waals surface area contributed by atoms with Gasteiger partial charge in [-0.15, -0.1) is 0 Å². The number of nitrogens with zero attached hydrogens (tertiary/aromatic N) is 1. The Morgan fingerprint density at radius 3 is 2.45 bits per heavy atom. The zero-order chi connectivity index (χ0) is 8.85. The number of hydrogen-bond acceptors (Lipinski definition) is 1. The fourth-order valence-electron chi connectivity index (χ4n) is 0.882. The van der Waals surface area contributed by atoms with Crippen molar-refractivity contribution in [2.24, 2.45) is 5.92 Å². The summed E-state index contributed by atoms with van der Waals surface area (Å²) in [6.07, 6.45) is 4.83. The maximum atomic E-state index is 11.2. The smallest absolute Gasteiger partial charge is 0.225 e. The average Bonchev–Trinajstić information content (AvgIpc) is 1.98. The summed E-state index contributed by atoms with van der Waals surface area (Å²) < 4.78 is 0. The first-order valence-electron chi connectivity index (χ1n) is 3.92. The van der Waals surface area contributed by atoms with E-state index in [1.54, 1.807) is 19.0 Å². The summed E-state index contributed by atoms with van der Waals surface area (Å²) in [7, 11) is 3.57. The van der Waals surface area contributed by atoms with Crippen molar-refractivity contribution in [1.82, 2.24) is 4.90 Å². The maximum absolute atomic E-state index is 11.2. The minimum Gasteiger partial charge on any atom is -0.349 e. The Hall–Kier alpha value is -0.790. The minimum absolute atomic E-state index is 0.112. The highest BCUT2D eigenvalue weighted by atomic mass is 16.2. The van der Waals surface area contributed by atoms with Gasteiger partial charge < -0.3 is 4.90 Å². The van der Waals surface area contributed by atoms with Crippen molar-refractivity contribution in [2.75, 3.05) is 14.1 Å². The molecule has 0 fully saturated rings. The quantitative estimate of drug-likeness (QED) is 0.568. The van der Waals surface area contributed by atoms with Crippen LogP contribution in [0.15, 0.2) is 12.2 Å². The molecule has 0 spiro atoms. The van der Waals surface area contributed by atoms with Crippen LogP contribution in [0, 0.1) is 5.92 Å². The molecule has 1 unspecified atom stereocenters. The van der Waals surface area contributed by atoms with Gasteiger partial charge in [0, 0.05) is 20.0 Å². The molecule has 0 aliphatic heterocycles. The SMILES string of the molecule is C/C=C/CC(C)C(=O)N(C)C. The zero-order valence-corrected chi connectivity index (χ0v) is 7.79. The van der Waals surface area contributed by atoms with Gasteiger partial charge in [-0.3, -0.25) is 4.79 Å². The van der Waals surface area contributed by atoms with Crippen molar-refractivity contribution in [3.05, 3.63) is 12.2 Å². The highest BCUT2D eigenvalue weighted by molar-refractivity contribution is 5.78. The van der Waals surface area contributed by atoms with Crippen LogP contribution < -0.4 is 0 Å². The number of allylic oxidation sites excluding steroid dienone is 2. The predicted octanol–water partition coefficient (Wildman–Crippen LogP) is 1.68. The van der Waals surface area contributed by atoms with Gasteiger partial charge in [-0.05, 0) is 13.3 Å². The van der Waals surface area contributed by atoms with Crippen LogP contribution >= 0.6 is 0 Å². The Morgan fingerprint density at radius 2 is 2.09 bits per heavy atom. The molecule has 0 aromatic carbocycles. The summed E-state index contributed by atoms with van der Waals surface area (Å²) in [5.41, 5.74) is 0. The minimum atomic E-state index is 0.112. The van der Waals surface area contributed by atoms with Crippen LogP contribution in [0.25, 0.3) is 0 Å². The lowest BCUT2D eigenvalue weighted by molar-refractivity contribution is -0.132. The molecule has 0 rings (SSSR count). The summed E-state index contributed by atoms with van der Waals surface area (Å²) in [5.74, 6) is 0.310. The second kappa shape index (κ2) is 4.94. The molecule has 1 amide bonds. The van der Waals surface area contributed by atoms with E-state index in [2.05, 4.69) is 0 Å². The second-order valence-electron chi connectivity index (χ2n) is 2.94. The third-order valence-corrected chi connectivity index (χ3v) is 1.59. The highest BCUT2D eigenvalue weighted by Gasteiger charge is 2.11. The van der Waals surface area contributed by atoms with Crippen LogP contribution in [-0.2, 0) is 4.79 Å². The number of hydrogen-bond donors (Lipinski definition) is 0. The number of carbonyl (C=O) groups excluding carboxylic acids is 1. The van der Waals surface area contributed by atoms with E-state index in [4.69, 9.17) is 0 Å². The lowest BCUT2D eigenvalue weighted by Crippen LogP contribution is -2.27. The largest absolute Gasteiger partial charge is 0.349 e. The van der Waals surface area contributed by atoms with Crippen LogP contribution in [0.5, 0.6) is 0 Å². The summed E-state index contributed by atoms with van der Waals surface area (Å²) >= 11 is 0. The number of amides is 1. The Morgan fingerprint density at radius 1 is 1.55 bits per heavy atom. The molecule has 0 saturated heterocycles. The van der Waals surface area contributed by atoms with E-state index in [1.807, 2.05) is 26.0 Å². The highest BCUT2D eigenvalue weighted by Crippen LogP contribution is 2.05. The van der Waals surface area contributed by atoms with E-state index in [1.165, 1.54) is 0 Å². The predicted molar refractivity (Wildman–Crippen MR) is 47.3 cm³/mol. The molecule has 0 bridgehead atoms. The van der Waals surface area contributed by atoms with Crippen molar-refractivity contribution in [3.8, 4) is 0 Å². The molecule has 0 aromatic heterocycles. The molecular weight excluding hydrogens is 138 g/mol. The van der Waals surface area contributed by atoms with Crippen LogP contribution in [0.3, 0.4) is 0 Å². The van der Waals surface area contributed by atoms with Crippen molar-refractivity contribution >= 4 is 5.91 Å². The number of carbonyl (C=O) groups is 1. The van der Waals surface area contributed by atoms with Crippen LogP contribution in [0.2, 0.25) is 0 Å². The average molecular weight is 155 g/mol. The van der Waals surface area contributed by atoms with Gasteiger partial charge in [0.2, 0.25) is 5.91 Å². The van der Waals surface area contributed by atoms with Crippen LogP contribution in [-0.4, -0.2) is 24.9 Å². The summed E-state index contributed by atoms with van der Waals surface area (Å²) in [4.78, 5) is 12.9. The van der Waals surface area contributed by atoms with Gasteiger partial charge in [0.1, 0.15) is 0 Å². The van der Waals surface area contributed by atoms with Gasteiger partial charge in [-0.1, -0.05) is 19.1 Å². The van der Waals surface area contributed by atoms with E-state index >= 15 is 0 Å². The van der Waals surface area contributed by atoms with E-state index in [9.17, 15) is 4.79 Å². The zero-order valence-electron chi connectivity index (χ0n) is 7.79. The fraction of sp³-hybridized carbons (Fsp3) is 0.667. The molecule has 1 atom stereocenters. The Kier molecular flexibility index (Phi) is 4.59. The van der Waals surface area contributed by atoms with Crippen molar-refractivity contribution < 1.29 is 4.79 Å². The Bertz CT molecular complexity index is 150. The summed E-state index contributed by atoms with van der Waals surface area (Å²) in [6, 6.07) is 0. The van der Waals surface area contributed by atoms with Crippen LogP contribution in [0.4, 0.5) is 0 Å². The fourth-order valence-corrected chi connectivity index (χ4v) is 0.882. The third-order valence-electron chi connectivity index (χ3n) is 1.59. The molecular formula is C9H17NO. The van der Waals surface area contributed by atoms with Gasteiger partial charge >= 0.3 is 0 Å². The van der Waals surface area contributed by atoms with Gasteiger partial charge in [0.15, 0.2) is 0 Å². The van der Waals surface area contributed by atoms with Crippen molar-refractivity contribution in [1.29, 1.82) is 0 Å². The van der Waals surface area contributed by atoms with Crippen LogP contribution in [0.1, 0.15) is 20.3 Å². The molecule has 2 nitrogen and oxygen atoms in total. The molecule has 2 heteroatoms. The van der Waals surface area contributed by atoms with Gasteiger partial charge in [0.05, 0.1) is 0 Å². The topological polar surface area (TPSA) is 20.3 Å². The molecule has 0 aliphatic rings. The summed E-state index contributed by atoms with van der Waals surface area (Å²) in [6.45, 7) is 3.91. The molecule has 0 aliphatic carbocycles. The first-order chi connectivity index (χ1) is 5.09. The Balaban J connectivity index is 3.83. The molecule has 0 radical (unpaired) electrons. The maximum Gasteiger partial charge on any atom is 0.225 e. The van der Waals surface area contributed by atoms with Gasteiger partial charge in [-0.2, -0.15) is 0 Å².